The zero-order valence-electron chi connectivity index (χ0n) is 10.9. The molecule has 0 aliphatic carbocycles. The van der Waals surface area contributed by atoms with Crippen molar-refractivity contribution in [1.82, 2.24) is 4.98 Å². The van der Waals surface area contributed by atoms with Crippen molar-refractivity contribution in [1.29, 1.82) is 0 Å². The molecule has 0 aliphatic heterocycles. The third kappa shape index (κ3) is 2.72. The first kappa shape index (κ1) is 13.5. The van der Waals surface area contributed by atoms with Gasteiger partial charge in [-0.25, -0.2) is 0 Å². The van der Waals surface area contributed by atoms with Crippen LogP contribution in [0.3, 0.4) is 0 Å². The number of alkyl halides is 3. The van der Waals surface area contributed by atoms with Gasteiger partial charge in [-0.3, -0.25) is 0 Å². The van der Waals surface area contributed by atoms with Crippen LogP contribution in [0, 0.1) is 0 Å². The Kier molecular flexibility index (Phi) is 3.12. The van der Waals surface area contributed by atoms with Gasteiger partial charge in [-0.2, -0.15) is 13.2 Å². The van der Waals surface area contributed by atoms with Crippen LogP contribution in [0.25, 0.3) is 10.9 Å². The molecule has 3 aromatic rings. The maximum atomic E-state index is 12.5. The first-order valence-corrected chi connectivity index (χ1v) is 6.38. The van der Waals surface area contributed by atoms with E-state index in [0.717, 1.165) is 34.2 Å². The van der Waals surface area contributed by atoms with Gasteiger partial charge >= 0.3 is 6.18 Å². The summed E-state index contributed by atoms with van der Waals surface area (Å²) < 4.78 is 37.5. The van der Waals surface area contributed by atoms with E-state index in [1.165, 1.54) is 12.1 Å². The Bertz CT molecular complexity index is 772. The van der Waals surface area contributed by atoms with E-state index < -0.39 is 11.7 Å². The van der Waals surface area contributed by atoms with Gasteiger partial charge in [0.1, 0.15) is 5.75 Å². The fourth-order valence-corrected chi connectivity index (χ4v) is 2.35. The Morgan fingerprint density at radius 1 is 1.00 bits per heavy atom. The summed E-state index contributed by atoms with van der Waals surface area (Å²) in [4.78, 5) is 3.04. The van der Waals surface area contributed by atoms with Crippen LogP contribution < -0.4 is 0 Å². The van der Waals surface area contributed by atoms with Crippen LogP contribution in [0.15, 0.2) is 48.7 Å². The number of phenolic OH excluding ortho intramolecular Hbond substituents is 1. The topological polar surface area (TPSA) is 36.0 Å². The normalized spacial score (nSPS) is 12.0. The summed E-state index contributed by atoms with van der Waals surface area (Å²) in [5, 5.41) is 10.4. The summed E-state index contributed by atoms with van der Waals surface area (Å²) in [7, 11) is 0. The molecule has 1 aromatic heterocycles. The average molecular weight is 291 g/mol. The highest BCUT2D eigenvalue weighted by Crippen LogP contribution is 2.30. The summed E-state index contributed by atoms with van der Waals surface area (Å²) >= 11 is 0. The lowest BCUT2D eigenvalue weighted by Crippen LogP contribution is -2.04. The number of halogens is 3. The van der Waals surface area contributed by atoms with Gasteiger partial charge < -0.3 is 10.1 Å². The molecule has 0 unspecified atom stereocenters. The van der Waals surface area contributed by atoms with Gasteiger partial charge in [0.2, 0.25) is 0 Å². The maximum Gasteiger partial charge on any atom is 0.416 e. The molecule has 1 heterocycles. The summed E-state index contributed by atoms with van der Waals surface area (Å²) in [6, 6.07) is 10.2. The number of hydrogen-bond donors (Lipinski definition) is 2. The van der Waals surface area contributed by atoms with E-state index in [1.54, 1.807) is 18.2 Å². The van der Waals surface area contributed by atoms with Gasteiger partial charge in [0.05, 0.1) is 5.56 Å². The Hall–Kier alpha value is -2.43. The van der Waals surface area contributed by atoms with E-state index in [0.29, 0.717) is 6.42 Å². The summed E-state index contributed by atoms with van der Waals surface area (Å²) in [6.45, 7) is 0. The van der Waals surface area contributed by atoms with Crippen LogP contribution in [0.5, 0.6) is 5.75 Å². The summed E-state index contributed by atoms with van der Waals surface area (Å²) in [6.07, 6.45) is -1.97. The Morgan fingerprint density at radius 3 is 2.38 bits per heavy atom. The van der Waals surface area contributed by atoms with Gasteiger partial charge in [-0.1, -0.05) is 12.1 Å². The molecule has 21 heavy (non-hydrogen) atoms. The number of phenols is 1. The standard InChI is InChI=1S/C16H12F3NO/c17-16(18,19)12-3-1-10(2-4-12)7-11-9-20-15-8-13(21)5-6-14(11)15/h1-6,8-9,20-21H,7H2. The van der Waals surface area contributed by atoms with Crippen LogP contribution in [0.1, 0.15) is 16.7 Å². The largest absolute Gasteiger partial charge is 0.508 e. The Balaban J connectivity index is 1.88. The second-order valence-electron chi connectivity index (χ2n) is 4.92. The molecule has 0 amide bonds. The molecular formula is C16H12F3NO. The van der Waals surface area contributed by atoms with Crippen LogP contribution in [-0.2, 0) is 12.6 Å². The first-order chi connectivity index (χ1) is 9.93. The number of aromatic amines is 1. The second kappa shape index (κ2) is 4.84. The number of aromatic hydroxyl groups is 1. The number of nitrogens with one attached hydrogen (secondary N) is 1. The van der Waals surface area contributed by atoms with E-state index in [2.05, 4.69) is 4.98 Å². The zero-order chi connectivity index (χ0) is 15.0. The molecule has 0 bridgehead atoms. The lowest BCUT2D eigenvalue weighted by Gasteiger charge is -2.07. The van der Waals surface area contributed by atoms with Crippen LogP contribution in [0.4, 0.5) is 13.2 Å². The van der Waals surface area contributed by atoms with Crippen molar-refractivity contribution < 1.29 is 18.3 Å². The number of aromatic nitrogens is 1. The zero-order valence-corrected chi connectivity index (χ0v) is 10.9. The Labute approximate surface area is 118 Å². The van der Waals surface area contributed by atoms with Crippen molar-refractivity contribution >= 4 is 10.9 Å². The number of benzene rings is 2. The molecule has 2 N–H and O–H groups in total. The first-order valence-electron chi connectivity index (χ1n) is 6.38. The summed E-state index contributed by atoms with van der Waals surface area (Å²) in [5.74, 6) is 0.172. The quantitative estimate of drug-likeness (QED) is 0.717. The maximum absolute atomic E-state index is 12.5. The average Bonchev–Trinajstić information content (AvgIpc) is 2.80. The van der Waals surface area contributed by atoms with Crippen LogP contribution in [-0.4, -0.2) is 10.1 Å². The van der Waals surface area contributed by atoms with E-state index in [4.69, 9.17) is 0 Å². The van der Waals surface area contributed by atoms with Crippen molar-refractivity contribution in [3.63, 3.8) is 0 Å². The monoisotopic (exact) mass is 291 g/mol. The lowest BCUT2D eigenvalue weighted by molar-refractivity contribution is -0.137. The van der Waals surface area contributed by atoms with Crippen LogP contribution in [0.2, 0.25) is 0 Å². The van der Waals surface area contributed by atoms with Gasteiger partial charge in [-0.15, -0.1) is 0 Å². The highest BCUT2D eigenvalue weighted by Gasteiger charge is 2.29. The smallest absolute Gasteiger partial charge is 0.416 e. The van der Waals surface area contributed by atoms with E-state index >= 15 is 0 Å². The van der Waals surface area contributed by atoms with Gasteiger partial charge in [0.25, 0.3) is 0 Å². The van der Waals surface area contributed by atoms with E-state index in [-0.39, 0.29) is 5.75 Å². The van der Waals surface area contributed by atoms with E-state index in [9.17, 15) is 18.3 Å². The molecule has 0 spiro atoms. The number of fused-ring (bicyclic) bond motifs is 1. The molecule has 108 valence electrons. The van der Waals surface area contributed by atoms with Gasteiger partial charge in [0, 0.05) is 23.2 Å². The minimum atomic E-state index is -4.31. The predicted molar refractivity (Wildman–Crippen MR) is 74.2 cm³/mol. The van der Waals surface area contributed by atoms with Crippen molar-refractivity contribution in [2.24, 2.45) is 0 Å². The second-order valence-corrected chi connectivity index (χ2v) is 4.92. The van der Waals surface area contributed by atoms with E-state index in [1.807, 2.05) is 6.20 Å². The van der Waals surface area contributed by atoms with Crippen molar-refractivity contribution in [3.8, 4) is 5.75 Å². The SMILES string of the molecule is Oc1ccc2c(Cc3ccc(C(F)(F)F)cc3)c[nH]c2c1. The van der Waals surface area contributed by atoms with Crippen molar-refractivity contribution in [3.05, 3.63) is 65.4 Å². The Morgan fingerprint density at radius 2 is 1.71 bits per heavy atom. The third-order valence-corrected chi connectivity index (χ3v) is 3.43. The van der Waals surface area contributed by atoms with Crippen molar-refractivity contribution in [2.75, 3.05) is 0 Å². The molecular weight excluding hydrogens is 279 g/mol. The molecule has 2 nitrogen and oxygen atoms in total. The molecule has 0 aliphatic rings. The molecule has 2 aromatic carbocycles. The third-order valence-electron chi connectivity index (χ3n) is 3.43. The number of H-pyrrole nitrogens is 1. The lowest BCUT2D eigenvalue weighted by atomic mass is 10.0. The summed E-state index contributed by atoms with van der Waals surface area (Å²) in [5.41, 5.74) is 1.94. The number of hydrogen-bond acceptors (Lipinski definition) is 1. The molecule has 0 radical (unpaired) electrons. The minimum Gasteiger partial charge on any atom is -0.508 e. The number of rotatable bonds is 2. The highest BCUT2D eigenvalue weighted by atomic mass is 19.4. The molecule has 0 saturated carbocycles. The molecule has 0 fully saturated rings. The molecule has 0 saturated heterocycles. The molecule has 5 heteroatoms. The van der Waals surface area contributed by atoms with Crippen LogP contribution >= 0.6 is 0 Å². The molecule has 3 rings (SSSR count). The van der Waals surface area contributed by atoms with Crippen molar-refractivity contribution in [2.45, 2.75) is 12.6 Å². The predicted octanol–water partition coefficient (Wildman–Crippen LogP) is 4.48. The van der Waals surface area contributed by atoms with Gasteiger partial charge in [0.15, 0.2) is 0 Å². The highest BCUT2D eigenvalue weighted by molar-refractivity contribution is 5.84. The minimum absolute atomic E-state index is 0.172. The van der Waals surface area contributed by atoms with Gasteiger partial charge in [-0.05, 0) is 41.8 Å². The fourth-order valence-electron chi connectivity index (χ4n) is 2.35. The fraction of sp³-hybridized carbons (Fsp3) is 0.125. The molecule has 0 atom stereocenters.